The number of methoxy groups -OCH3 is 3. The Labute approximate surface area is 105 Å². The van der Waals surface area contributed by atoms with E-state index in [-0.39, 0.29) is 0 Å². The van der Waals surface area contributed by atoms with Crippen LogP contribution in [0.15, 0.2) is 17.2 Å². The summed E-state index contributed by atoms with van der Waals surface area (Å²) in [6.07, 6.45) is 1.39. The van der Waals surface area contributed by atoms with Gasteiger partial charge in [0.05, 0.1) is 27.5 Å². The normalized spacial score (nSPS) is 10.2. The van der Waals surface area contributed by atoms with Crippen molar-refractivity contribution < 1.29 is 19.0 Å². The molecule has 0 spiro atoms. The highest BCUT2D eigenvalue weighted by Crippen LogP contribution is 2.33. The van der Waals surface area contributed by atoms with Crippen molar-refractivity contribution in [2.24, 2.45) is 10.8 Å². The van der Waals surface area contributed by atoms with Gasteiger partial charge in [0.2, 0.25) is 0 Å². The molecule has 0 saturated heterocycles. The molecule has 0 heterocycles. The molecule has 7 heteroatoms. The zero-order valence-corrected chi connectivity index (χ0v) is 10.4. The molecular formula is C11H15N3O4. The van der Waals surface area contributed by atoms with Crippen molar-refractivity contribution in [3.05, 3.63) is 17.7 Å². The van der Waals surface area contributed by atoms with E-state index in [1.54, 1.807) is 12.1 Å². The summed E-state index contributed by atoms with van der Waals surface area (Å²) >= 11 is 0. The first-order valence-corrected chi connectivity index (χ1v) is 5.01. The molecule has 0 fully saturated rings. The minimum absolute atomic E-state index is 0.527. The molecule has 3 N–H and O–H groups in total. The number of nitrogens with zero attached hydrogens (tertiary/aromatic N) is 1. The standard InChI is InChI=1S/C11H15N3O4/c1-16-8-5-10(18-3)9(17-2)4-7(8)6-13-14-11(12)15/h4-6H,1-3H3,(H3,12,14,15)/b13-6+. The van der Waals surface area contributed by atoms with Gasteiger partial charge in [-0.1, -0.05) is 0 Å². The quantitative estimate of drug-likeness (QED) is 0.597. The Morgan fingerprint density at radius 3 is 2.22 bits per heavy atom. The third-order valence-corrected chi connectivity index (χ3v) is 2.11. The number of urea groups is 1. The predicted octanol–water partition coefficient (Wildman–Crippen LogP) is 0.715. The number of rotatable bonds is 5. The van der Waals surface area contributed by atoms with Gasteiger partial charge < -0.3 is 19.9 Å². The van der Waals surface area contributed by atoms with Gasteiger partial charge >= 0.3 is 6.03 Å². The highest BCUT2D eigenvalue weighted by atomic mass is 16.5. The fraction of sp³-hybridized carbons (Fsp3) is 0.273. The Kier molecular flexibility index (Phi) is 4.79. The molecule has 0 aromatic heterocycles. The van der Waals surface area contributed by atoms with E-state index in [9.17, 15) is 4.79 Å². The Morgan fingerprint density at radius 1 is 1.17 bits per heavy atom. The molecule has 0 aliphatic rings. The summed E-state index contributed by atoms with van der Waals surface area (Å²) in [6.45, 7) is 0. The third kappa shape index (κ3) is 3.27. The van der Waals surface area contributed by atoms with Crippen LogP contribution in [0.4, 0.5) is 4.79 Å². The molecule has 0 radical (unpaired) electrons. The topological polar surface area (TPSA) is 95.2 Å². The van der Waals surface area contributed by atoms with E-state index in [0.29, 0.717) is 22.8 Å². The van der Waals surface area contributed by atoms with E-state index < -0.39 is 6.03 Å². The first kappa shape index (κ1) is 13.6. The molecule has 18 heavy (non-hydrogen) atoms. The summed E-state index contributed by atoms with van der Waals surface area (Å²) in [7, 11) is 4.56. The monoisotopic (exact) mass is 253 g/mol. The van der Waals surface area contributed by atoms with Gasteiger partial charge in [0.15, 0.2) is 11.5 Å². The lowest BCUT2D eigenvalue weighted by Gasteiger charge is -2.11. The lowest BCUT2D eigenvalue weighted by atomic mass is 10.2. The van der Waals surface area contributed by atoms with E-state index >= 15 is 0 Å². The maximum atomic E-state index is 10.5. The van der Waals surface area contributed by atoms with E-state index in [0.717, 1.165) is 0 Å². The number of hydrogen-bond acceptors (Lipinski definition) is 5. The number of benzene rings is 1. The number of hydrazone groups is 1. The molecular weight excluding hydrogens is 238 g/mol. The third-order valence-electron chi connectivity index (χ3n) is 2.11. The van der Waals surface area contributed by atoms with Crippen molar-refractivity contribution in [3.8, 4) is 17.2 Å². The summed E-state index contributed by atoms with van der Waals surface area (Å²) in [5, 5.41) is 3.65. The molecule has 0 unspecified atom stereocenters. The number of carbonyl (C=O) groups excluding carboxylic acids is 1. The van der Waals surface area contributed by atoms with Gasteiger partial charge in [0, 0.05) is 11.6 Å². The van der Waals surface area contributed by atoms with E-state index in [1.807, 2.05) is 0 Å². The SMILES string of the molecule is COc1cc(OC)c(OC)cc1/C=N/NC(N)=O. The number of carbonyl (C=O) groups is 1. The van der Waals surface area contributed by atoms with Gasteiger partial charge in [0.1, 0.15) is 5.75 Å². The van der Waals surface area contributed by atoms with Crippen LogP contribution in [0.3, 0.4) is 0 Å². The molecule has 7 nitrogen and oxygen atoms in total. The zero-order valence-electron chi connectivity index (χ0n) is 10.4. The summed E-state index contributed by atoms with van der Waals surface area (Å²) in [6, 6.07) is 2.58. The molecule has 0 aliphatic heterocycles. The molecule has 0 bridgehead atoms. The number of amides is 2. The van der Waals surface area contributed by atoms with E-state index in [2.05, 4.69) is 10.5 Å². The van der Waals surface area contributed by atoms with E-state index in [4.69, 9.17) is 19.9 Å². The second-order valence-electron chi connectivity index (χ2n) is 3.18. The van der Waals surface area contributed by atoms with Gasteiger partial charge in [-0.2, -0.15) is 5.10 Å². The van der Waals surface area contributed by atoms with Gasteiger partial charge in [-0.05, 0) is 6.07 Å². The second-order valence-corrected chi connectivity index (χ2v) is 3.18. The van der Waals surface area contributed by atoms with Crippen LogP contribution in [0, 0.1) is 0 Å². The molecule has 1 rings (SSSR count). The van der Waals surface area contributed by atoms with Crippen molar-refractivity contribution in [1.82, 2.24) is 5.43 Å². The number of hydrogen-bond donors (Lipinski definition) is 2. The first-order valence-electron chi connectivity index (χ1n) is 5.01. The molecule has 2 amide bonds. The van der Waals surface area contributed by atoms with Crippen molar-refractivity contribution in [2.45, 2.75) is 0 Å². The lowest BCUT2D eigenvalue weighted by Crippen LogP contribution is -2.24. The van der Waals surface area contributed by atoms with Crippen molar-refractivity contribution in [1.29, 1.82) is 0 Å². The molecule has 0 atom stereocenters. The number of nitrogens with one attached hydrogen (secondary N) is 1. The van der Waals surface area contributed by atoms with Gasteiger partial charge in [-0.25, -0.2) is 10.2 Å². The van der Waals surface area contributed by atoms with Gasteiger partial charge in [-0.3, -0.25) is 0 Å². The average molecular weight is 253 g/mol. The van der Waals surface area contributed by atoms with Crippen LogP contribution in [0.1, 0.15) is 5.56 Å². The first-order chi connectivity index (χ1) is 8.62. The lowest BCUT2D eigenvalue weighted by molar-refractivity contribution is 0.249. The summed E-state index contributed by atoms with van der Waals surface area (Å²) < 4.78 is 15.5. The minimum Gasteiger partial charge on any atom is -0.496 e. The van der Waals surface area contributed by atoms with Crippen LogP contribution >= 0.6 is 0 Å². The van der Waals surface area contributed by atoms with Crippen molar-refractivity contribution in [3.63, 3.8) is 0 Å². The number of primary amides is 1. The van der Waals surface area contributed by atoms with Crippen LogP contribution in [0.5, 0.6) is 17.2 Å². The zero-order chi connectivity index (χ0) is 13.5. The molecule has 1 aromatic rings. The van der Waals surface area contributed by atoms with Crippen molar-refractivity contribution in [2.75, 3.05) is 21.3 Å². The summed E-state index contributed by atoms with van der Waals surface area (Å²) in [4.78, 5) is 10.5. The molecule has 0 aliphatic carbocycles. The van der Waals surface area contributed by atoms with Gasteiger partial charge in [-0.15, -0.1) is 0 Å². The Balaban J connectivity index is 3.09. The Hall–Kier alpha value is -2.44. The number of ether oxygens (including phenoxy) is 3. The Morgan fingerprint density at radius 2 is 1.72 bits per heavy atom. The summed E-state index contributed by atoms with van der Waals surface area (Å²) in [5.41, 5.74) is 7.60. The molecule has 0 saturated carbocycles. The van der Waals surface area contributed by atoms with Crippen LogP contribution in [0.2, 0.25) is 0 Å². The highest BCUT2D eigenvalue weighted by Gasteiger charge is 2.10. The second kappa shape index (κ2) is 6.33. The maximum absolute atomic E-state index is 10.5. The molecule has 1 aromatic carbocycles. The predicted molar refractivity (Wildman–Crippen MR) is 66.4 cm³/mol. The van der Waals surface area contributed by atoms with E-state index in [1.165, 1.54) is 27.5 Å². The average Bonchev–Trinajstić information content (AvgIpc) is 2.37. The van der Waals surface area contributed by atoms with Crippen LogP contribution in [-0.4, -0.2) is 33.6 Å². The minimum atomic E-state index is -0.745. The van der Waals surface area contributed by atoms with Gasteiger partial charge in [0.25, 0.3) is 0 Å². The fourth-order valence-corrected chi connectivity index (χ4v) is 1.32. The highest BCUT2D eigenvalue weighted by molar-refractivity contribution is 5.86. The van der Waals surface area contributed by atoms with Crippen LogP contribution < -0.4 is 25.4 Å². The Bertz CT molecular complexity index is 460. The van der Waals surface area contributed by atoms with Crippen LogP contribution in [-0.2, 0) is 0 Å². The fourth-order valence-electron chi connectivity index (χ4n) is 1.32. The molecule has 98 valence electrons. The van der Waals surface area contributed by atoms with Crippen molar-refractivity contribution >= 4 is 12.2 Å². The van der Waals surface area contributed by atoms with Crippen LogP contribution in [0.25, 0.3) is 0 Å². The maximum Gasteiger partial charge on any atom is 0.332 e. The largest absolute Gasteiger partial charge is 0.496 e. The number of nitrogens with two attached hydrogens (primary N) is 1. The summed E-state index contributed by atoms with van der Waals surface area (Å²) in [5.74, 6) is 1.59. The smallest absolute Gasteiger partial charge is 0.332 e.